The van der Waals surface area contributed by atoms with Gasteiger partial charge in [0, 0.05) is 26.9 Å². The summed E-state index contributed by atoms with van der Waals surface area (Å²) in [5.41, 5.74) is 5.34. The highest BCUT2D eigenvalue weighted by molar-refractivity contribution is 6.23. The number of hydrogen-bond acceptors (Lipinski definition) is 1. The Kier molecular flexibility index (Phi) is 3.42. The first-order valence-electron chi connectivity index (χ1n) is 11.6. The minimum absolute atomic E-state index is 0.921. The zero-order chi connectivity index (χ0) is 22.2. The van der Waals surface area contributed by atoms with E-state index in [1.54, 1.807) is 0 Å². The molecule has 0 bridgehead atoms. The van der Waals surface area contributed by atoms with Gasteiger partial charge in [-0.05, 0) is 46.5 Å². The van der Waals surface area contributed by atoms with Crippen LogP contribution in [0.2, 0.25) is 0 Å². The van der Waals surface area contributed by atoms with Crippen LogP contribution >= 0.6 is 0 Å². The van der Waals surface area contributed by atoms with Crippen molar-refractivity contribution in [3.05, 3.63) is 115 Å². The zero-order valence-electron chi connectivity index (χ0n) is 18.3. The molecule has 6 aromatic carbocycles. The lowest BCUT2D eigenvalue weighted by Gasteiger charge is -2.12. The van der Waals surface area contributed by atoms with Crippen LogP contribution in [-0.2, 0) is 0 Å². The molecule has 2 aromatic heterocycles. The standard InChI is InChI=1S/C32H19NO/c1-2-10-22-19-29-27(18-21(22)9-1)25-16-17-26-24-13-5-6-15-30(24)34-32(26)31(25)33(29)28-14-7-11-20-8-3-4-12-23(20)28/h1-19H. The van der Waals surface area contributed by atoms with Gasteiger partial charge in [0.05, 0.1) is 16.7 Å². The topological polar surface area (TPSA) is 18.1 Å². The summed E-state index contributed by atoms with van der Waals surface area (Å²) in [6, 6.07) is 41.2. The number of rotatable bonds is 1. The Morgan fingerprint density at radius 3 is 2.03 bits per heavy atom. The molecule has 2 heterocycles. The third kappa shape index (κ3) is 2.29. The summed E-state index contributed by atoms with van der Waals surface area (Å²) >= 11 is 0. The van der Waals surface area contributed by atoms with Crippen LogP contribution in [0.1, 0.15) is 0 Å². The number of nitrogens with zero attached hydrogens (tertiary/aromatic N) is 1. The van der Waals surface area contributed by atoms with E-state index in [4.69, 9.17) is 4.42 Å². The second-order valence-corrected chi connectivity index (χ2v) is 8.99. The highest BCUT2D eigenvalue weighted by atomic mass is 16.3. The smallest absolute Gasteiger partial charge is 0.160 e. The van der Waals surface area contributed by atoms with Crippen molar-refractivity contribution < 1.29 is 4.42 Å². The molecular formula is C32H19NO. The van der Waals surface area contributed by atoms with E-state index in [0.29, 0.717) is 0 Å². The van der Waals surface area contributed by atoms with Crippen LogP contribution in [0.5, 0.6) is 0 Å². The monoisotopic (exact) mass is 433 g/mol. The molecule has 0 saturated heterocycles. The maximum Gasteiger partial charge on any atom is 0.160 e. The molecular weight excluding hydrogens is 414 g/mol. The van der Waals surface area contributed by atoms with Gasteiger partial charge in [0.15, 0.2) is 5.58 Å². The molecule has 0 atom stereocenters. The van der Waals surface area contributed by atoms with Gasteiger partial charge in [0.2, 0.25) is 0 Å². The molecule has 0 spiro atoms. The van der Waals surface area contributed by atoms with Gasteiger partial charge in [-0.3, -0.25) is 0 Å². The van der Waals surface area contributed by atoms with E-state index in [1.807, 2.05) is 6.07 Å². The fraction of sp³-hybridized carbons (Fsp3) is 0. The molecule has 0 aliphatic heterocycles. The predicted octanol–water partition coefficient (Wildman–Crippen LogP) is 8.99. The molecule has 158 valence electrons. The minimum atomic E-state index is 0.921. The molecule has 0 N–H and O–H groups in total. The maximum absolute atomic E-state index is 6.55. The third-order valence-electron chi connectivity index (χ3n) is 7.15. The maximum atomic E-state index is 6.55. The van der Waals surface area contributed by atoms with Crippen LogP contribution in [0.3, 0.4) is 0 Å². The lowest BCUT2D eigenvalue weighted by Crippen LogP contribution is -1.95. The van der Waals surface area contributed by atoms with Crippen molar-refractivity contribution in [1.29, 1.82) is 0 Å². The summed E-state index contributed by atoms with van der Waals surface area (Å²) < 4.78 is 8.95. The molecule has 8 aromatic rings. The van der Waals surface area contributed by atoms with Crippen LogP contribution in [-0.4, -0.2) is 4.57 Å². The van der Waals surface area contributed by atoms with Gasteiger partial charge in [-0.25, -0.2) is 0 Å². The molecule has 0 aliphatic carbocycles. The van der Waals surface area contributed by atoms with Crippen LogP contribution in [0.15, 0.2) is 120 Å². The van der Waals surface area contributed by atoms with Crippen molar-refractivity contribution in [1.82, 2.24) is 4.57 Å². The average molecular weight is 434 g/mol. The number of furan rings is 1. The van der Waals surface area contributed by atoms with E-state index in [-0.39, 0.29) is 0 Å². The van der Waals surface area contributed by atoms with Crippen molar-refractivity contribution in [3.63, 3.8) is 0 Å². The average Bonchev–Trinajstić information content (AvgIpc) is 3.42. The minimum Gasteiger partial charge on any atom is -0.454 e. The van der Waals surface area contributed by atoms with Gasteiger partial charge in [0.1, 0.15) is 5.58 Å². The van der Waals surface area contributed by atoms with E-state index in [9.17, 15) is 0 Å². The Balaban J connectivity index is 1.67. The number of fused-ring (bicyclic) bond motifs is 9. The lowest BCUT2D eigenvalue weighted by molar-refractivity contribution is 0.671. The summed E-state index contributed by atoms with van der Waals surface area (Å²) in [6.07, 6.45) is 0. The molecule has 2 nitrogen and oxygen atoms in total. The van der Waals surface area contributed by atoms with Crippen LogP contribution in [0, 0.1) is 0 Å². The van der Waals surface area contributed by atoms with Crippen molar-refractivity contribution in [3.8, 4) is 5.69 Å². The van der Waals surface area contributed by atoms with E-state index < -0.39 is 0 Å². The summed E-state index contributed by atoms with van der Waals surface area (Å²) in [6.45, 7) is 0. The van der Waals surface area contributed by atoms with Gasteiger partial charge < -0.3 is 8.98 Å². The SMILES string of the molecule is c1ccc2cc3c(cc2c1)c1ccc2c4ccccc4oc2c1n3-c1cccc2ccccc12. The Bertz CT molecular complexity index is 2060. The first-order chi connectivity index (χ1) is 16.9. The van der Waals surface area contributed by atoms with E-state index in [2.05, 4.69) is 114 Å². The molecule has 0 unspecified atom stereocenters. The number of para-hydroxylation sites is 1. The fourth-order valence-corrected chi connectivity index (χ4v) is 5.62. The molecule has 0 aliphatic rings. The molecule has 2 heteroatoms. The van der Waals surface area contributed by atoms with Gasteiger partial charge in [0.25, 0.3) is 0 Å². The highest BCUT2D eigenvalue weighted by Gasteiger charge is 2.20. The highest BCUT2D eigenvalue weighted by Crippen LogP contribution is 2.42. The Morgan fingerprint density at radius 1 is 0.471 bits per heavy atom. The Morgan fingerprint density at radius 2 is 1.15 bits per heavy atom. The van der Waals surface area contributed by atoms with E-state index in [0.717, 1.165) is 27.5 Å². The summed E-state index contributed by atoms with van der Waals surface area (Å²) in [4.78, 5) is 0. The Labute approximate surface area is 195 Å². The quantitative estimate of drug-likeness (QED) is 0.253. The molecule has 0 amide bonds. The zero-order valence-corrected chi connectivity index (χ0v) is 18.3. The number of aromatic nitrogens is 1. The van der Waals surface area contributed by atoms with Crippen LogP contribution in [0.4, 0.5) is 0 Å². The van der Waals surface area contributed by atoms with Gasteiger partial charge in [-0.2, -0.15) is 0 Å². The molecule has 0 fully saturated rings. The fourth-order valence-electron chi connectivity index (χ4n) is 5.62. The largest absolute Gasteiger partial charge is 0.454 e. The second kappa shape index (κ2) is 6.49. The van der Waals surface area contributed by atoms with Gasteiger partial charge in [-0.1, -0.05) is 84.9 Å². The van der Waals surface area contributed by atoms with Gasteiger partial charge in [-0.15, -0.1) is 0 Å². The van der Waals surface area contributed by atoms with Crippen molar-refractivity contribution in [2.75, 3.05) is 0 Å². The normalized spacial score (nSPS) is 12.1. The molecule has 0 saturated carbocycles. The first-order valence-corrected chi connectivity index (χ1v) is 11.6. The number of hydrogen-bond donors (Lipinski definition) is 0. The third-order valence-corrected chi connectivity index (χ3v) is 7.15. The lowest BCUT2D eigenvalue weighted by atomic mass is 10.1. The summed E-state index contributed by atoms with van der Waals surface area (Å²) in [7, 11) is 0. The molecule has 8 rings (SSSR count). The summed E-state index contributed by atoms with van der Waals surface area (Å²) in [5.74, 6) is 0. The van der Waals surface area contributed by atoms with Crippen molar-refractivity contribution in [2.45, 2.75) is 0 Å². The van der Waals surface area contributed by atoms with E-state index in [1.165, 1.54) is 43.5 Å². The first kappa shape index (κ1) is 17.9. The van der Waals surface area contributed by atoms with Crippen molar-refractivity contribution in [2.24, 2.45) is 0 Å². The number of benzene rings is 6. The molecule has 0 radical (unpaired) electrons. The van der Waals surface area contributed by atoms with Crippen LogP contribution < -0.4 is 0 Å². The second-order valence-electron chi connectivity index (χ2n) is 8.99. The van der Waals surface area contributed by atoms with Crippen molar-refractivity contribution >= 4 is 65.3 Å². The van der Waals surface area contributed by atoms with E-state index >= 15 is 0 Å². The van der Waals surface area contributed by atoms with Gasteiger partial charge >= 0.3 is 0 Å². The Hall–Kier alpha value is -4.56. The summed E-state index contributed by atoms with van der Waals surface area (Å²) in [5, 5.41) is 9.69. The predicted molar refractivity (Wildman–Crippen MR) is 143 cm³/mol. The van der Waals surface area contributed by atoms with Crippen LogP contribution in [0.25, 0.3) is 71.0 Å². The molecule has 34 heavy (non-hydrogen) atoms.